The number of aromatic carboxylic acids is 1. The molecule has 0 aliphatic carbocycles. The third-order valence-electron chi connectivity index (χ3n) is 1.93. The molecule has 0 aliphatic rings. The van der Waals surface area contributed by atoms with E-state index in [1.807, 2.05) is 0 Å². The smallest absolute Gasteiger partial charge is 0.349 e. The molecule has 4 heteroatoms. The van der Waals surface area contributed by atoms with Gasteiger partial charge < -0.3 is 9.84 Å². The molecule has 0 aromatic carbocycles. The van der Waals surface area contributed by atoms with Crippen molar-refractivity contribution in [3.05, 3.63) is 16.3 Å². The SMILES string of the molecule is CC(C)(C)CCOc1ccsc1C(=O)O. The molecule has 0 saturated heterocycles. The lowest BCUT2D eigenvalue weighted by atomic mass is 9.93. The van der Waals surface area contributed by atoms with Gasteiger partial charge in [-0.05, 0) is 23.3 Å². The van der Waals surface area contributed by atoms with Gasteiger partial charge in [0.2, 0.25) is 0 Å². The molecule has 0 bridgehead atoms. The number of ether oxygens (including phenoxy) is 1. The Morgan fingerprint density at radius 1 is 1.53 bits per heavy atom. The summed E-state index contributed by atoms with van der Waals surface area (Å²) in [5.74, 6) is -0.437. The summed E-state index contributed by atoms with van der Waals surface area (Å²) >= 11 is 1.19. The second-order valence-electron chi connectivity index (χ2n) is 4.58. The Morgan fingerprint density at radius 2 is 2.20 bits per heavy atom. The molecule has 1 aromatic rings. The normalized spacial score (nSPS) is 11.4. The average molecular weight is 228 g/mol. The molecule has 1 heterocycles. The largest absolute Gasteiger partial charge is 0.492 e. The maximum absolute atomic E-state index is 10.8. The van der Waals surface area contributed by atoms with Gasteiger partial charge in [-0.3, -0.25) is 0 Å². The van der Waals surface area contributed by atoms with Crippen molar-refractivity contribution >= 4 is 17.3 Å². The molecule has 0 aliphatic heterocycles. The Labute approximate surface area is 93.7 Å². The Kier molecular flexibility index (Phi) is 3.74. The van der Waals surface area contributed by atoms with Crippen LogP contribution >= 0.6 is 11.3 Å². The van der Waals surface area contributed by atoms with Crippen molar-refractivity contribution in [1.82, 2.24) is 0 Å². The lowest BCUT2D eigenvalue weighted by Gasteiger charge is -2.17. The van der Waals surface area contributed by atoms with Crippen LogP contribution in [0.4, 0.5) is 0 Å². The first-order valence-electron chi connectivity index (χ1n) is 4.84. The quantitative estimate of drug-likeness (QED) is 0.860. The van der Waals surface area contributed by atoms with E-state index < -0.39 is 5.97 Å². The first-order chi connectivity index (χ1) is 6.90. The number of carboxylic acids is 1. The minimum atomic E-state index is -0.921. The highest BCUT2D eigenvalue weighted by molar-refractivity contribution is 7.12. The molecule has 1 aromatic heterocycles. The minimum Gasteiger partial charge on any atom is -0.492 e. The van der Waals surface area contributed by atoms with Crippen molar-refractivity contribution in [2.75, 3.05) is 6.61 Å². The molecular weight excluding hydrogens is 212 g/mol. The van der Waals surface area contributed by atoms with Gasteiger partial charge in [0.05, 0.1) is 6.61 Å². The molecule has 15 heavy (non-hydrogen) atoms. The molecule has 3 nitrogen and oxygen atoms in total. The van der Waals surface area contributed by atoms with Crippen LogP contribution in [0.25, 0.3) is 0 Å². The zero-order valence-electron chi connectivity index (χ0n) is 9.24. The summed E-state index contributed by atoms with van der Waals surface area (Å²) in [4.78, 5) is 11.1. The molecular formula is C11H16O3S. The Balaban J connectivity index is 2.51. The summed E-state index contributed by atoms with van der Waals surface area (Å²) in [6.45, 7) is 6.94. The summed E-state index contributed by atoms with van der Waals surface area (Å²) in [6, 6.07) is 1.71. The van der Waals surface area contributed by atoms with Crippen molar-refractivity contribution in [3.63, 3.8) is 0 Å². The second-order valence-corrected chi connectivity index (χ2v) is 5.49. The first kappa shape index (κ1) is 12.0. The highest BCUT2D eigenvalue weighted by atomic mass is 32.1. The second kappa shape index (κ2) is 4.66. The maximum atomic E-state index is 10.8. The van der Waals surface area contributed by atoms with Crippen LogP contribution in [0, 0.1) is 5.41 Å². The van der Waals surface area contributed by atoms with Crippen molar-refractivity contribution in [1.29, 1.82) is 0 Å². The third kappa shape index (κ3) is 3.91. The number of rotatable bonds is 4. The average Bonchev–Trinajstić information content (AvgIpc) is 2.49. The van der Waals surface area contributed by atoms with Crippen LogP contribution in [-0.4, -0.2) is 17.7 Å². The van der Waals surface area contributed by atoms with Gasteiger partial charge in [-0.25, -0.2) is 4.79 Å². The van der Waals surface area contributed by atoms with E-state index in [0.717, 1.165) is 6.42 Å². The topological polar surface area (TPSA) is 46.5 Å². The zero-order chi connectivity index (χ0) is 11.5. The number of hydrogen-bond acceptors (Lipinski definition) is 3. The lowest BCUT2D eigenvalue weighted by molar-refractivity contribution is 0.0697. The standard InChI is InChI=1S/C11H16O3S/c1-11(2,3)5-6-14-8-4-7-15-9(8)10(12)13/h4,7H,5-6H2,1-3H3,(H,12,13). The third-order valence-corrected chi connectivity index (χ3v) is 2.82. The molecule has 0 radical (unpaired) electrons. The van der Waals surface area contributed by atoms with Crippen LogP contribution in [-0.2, 0) is 0 Å². The molecule has 0 spiro atoms. The van der Waals surface area contributed by atoms with Crippen LogP contribution in [0.5, 0.6) is 5.75 Å². The monoisotopic (exact) mass is 228 g/mol. The summed E-state index contributed by atoms with van der Waals surface area (Å²) in [5, 5.41) is 10.6. The molecule has 0 atom stereocenters. The van der Waals surface area contributed by atoms with Gasteiger partial charge >= 0.3 is 5.97 Å². The first-order valence-corrected chi connectivity index (χ1v) is 5.72. The van der Waals surface area contributed by atoms with E-state index in [4.69, 9.17) is 9.84 Å². The summed E-state index contributed by atoms with van der Waals surface area (Å²) < 4.78 is 5.44. The predicted octanol–water partition coefficient (Wildman–Crippen LogP) is 3.26. The molecule has 0 amide bonds. The fourth-order valence-corrected chi connectivity index (χ4v) is 1.71. The predicted molar refractivity (Wildman–Crippen MR) is 60.8 cm³/mol. The molecule has 1 N–H and O–H groups in total. The molecule has 0 fully saturated rings. The molecule has 84 valence electrons. The van der Waals surface area contributed by atoms with Gasteiger partial charge in [-0.1, -0.05) is 20.8 Å². The highest BCUT2D eigenvalue weighted by Crippen LogP contribution is 2.26. The van der Waals surface area contributed by atoms with Gasteiger partial charge in [0.25, 0.3) is 0 Å². The van der Waals surface area contributed by atoms with Crippen molar-refractivity contribution < 1.29 is 14.6 Å². The van der Waals surface area contributed by atoms with E-state index in [2.05, 4.69) is 20.8 Å². The Morgan fingerprint density at radius 3 is 2.73 bits per heavy atom. The van der Waals surface area contributed by atoms with E-state index >= 15 is 0 Å². The van der Waals surface area contributed by atoms with E-state index in [-0.39, 0.29) is 10.3 Å². The molecule has 1 rings (SSSR count). The van der Waals surface area contributed by atoms with Crippen LogP contribution in [0.1, 0.15) is 36.9 Å². The lowest BCUT2D eigenvalue weighted by Crippen LogP contribution is -2.11. The Hall–Kier alpha value is -1.03. The molecule has 0 unspecified atom stereocenters. The van der Waals surface area contributed by atoms with Gasteiger partial charge in [0.15, 0.2) is 4.88 Å². The van der Waals surface area contributed by atoms with Crippen LogP contribution in [0.3, 0.4) is 0 Å². The Bertz CT molecular complexity index is 336. The van der Waals surface area contributed by atoms with Crippen LogP contribution in [0.2, 0.25) is 0 Å². The summed E-state index contributed by atoms with van der Waals surface area (Å²) in [6.07, 6.45) is 0.905. The fraction of sp³-hybridized carbons (Fsp3) is 0.545. The van der Waals surface area contributed by atoms with E-state index in [1.165, 1.54) is 11.3 Å². The van der Waals surface area contributed by atoms with E-state index in [1.54, 1.807) is 11.4 Å². The van der Waals surface area contributed by atoms with E-state index in [0.29, 0.717) is 12.4 Å². The fourth-order valence-electron chi connectivity index (χ4n) is 1.03. The number of hydrogen-bond donors (Lipinski definition) is 1. The number of thiophene rings is 1. The van der Waals surface area contributed by atoms with Gasteiger partial charge in [0, 0.05) is 0 Å². The number of carbonyl (C=O) groups is 1. The van der Waals surface area contributed by atoms with Crippen molar-refractivity contribution in [2.45, 2.75) is 27.2 Å². The van der Waals surface area contributed by atoms with Crippen LogP contribution < -0.4 is 4.74 Å². The van der Waals surface area contributed by atoms with Crippen molar-refractivity contribution in [3.8, 4) is 5.75 Å². The zero-order valence-corrected chi connectivity index (χ0v) is 10.1. The number of carboxylic acid groups (broad SMARTS) is 1. The maximum Gasteiger partial charge on any atom is 0.349 e. The van der Waals surface area contributed by atoms with E-state index in [9.17, 15) is 4.79 Å². The van der Waals surface area contributed by atoms with Gasteiger partial charge in [-0.2, -0.15) is 0 Å². The molecule has 0 saturated carbocycles. The van der Waals surface area contributed by atoms with Crippen LogP contribution in [0.15, 0.2) is 11.4 Å². The van der Waals surface area contributed by atoms with Gasteiger partial charge in [0.1, 0.15) is 5.75 Å². The minimum absolute atomic E-state index is 0.208. The summed E-state index contributed by atoms with van der Waals surface area (Å²) in [7, 11) is 0. The van der Waals surface area contributed by atoms with Crippen molar-refractivity contribution in [2.24, 2.45) is 5.41 Å². The summed E-state index contributed by atoms with van der Waals surface area (Å²) in [5.41, 5.74) is 0.208. The highest BCUT2D eigenvalue weighted by Gasteiger charge is 2.14. The van der Waals surface area contributed by atoms with Gasteiger partial charge in [-0.15, -0.1) is 11.3 Å².